The summed E-state index contributed by atoms with van der Waals surface area (Å²) in [7, 11) is 0. The average molecular weight is 382 g/mol. The lowest BCUT2D eigenvalue weighted by molar-refractivity contribution is -0.132. The highest BCUT2D eigenvalue weighted by Crippen LogP contribution is 2.22. The zero-order chi connectivity index (χ0) is 18.6. The molecule has 140 valence electrons. The first kappa shape index (κ1) is 17.9. The van der Waals surface area contributed by atoms with Gasteiger partial charge in [-0.2, -0.15) is 0 Å². The molecule has 0 spiro atoms. The van der Waals surface area contributed by atoms with E-state index in [0.717, 1.165) is 47.3 Å². The van der Waals surface area contributed by atoms with Crippen LogP contribution in [0.15, 0.2) is 40.1 Å². The Labute approximate surface area is 163 Å². The van der Waals surface area contributed by atoms with E-state index in [9.17, 15) is 4.79 Å². The lowest BCUT2D eigenvalue weighted by Gasteiger charge is -2.25. The van der Waals surface area contributed by atoms with Crippen molar-refractivity contribution in [3.8, 4) is 0 Å². The molecule has 4 rings (SSSR count). The van der Waals surface area contributed by atoms with Crippen LogP contribution in [-0.4, -0.2) is 27.3 Å². The van der Waals surface area contributed by atoms with Gasteiger partial charge in [0.25, 0.3) is 0 Å². The number of hydrogen-bond donors (Lipinski definition) is 0. The first-order valence-corrected chi connectivity index (χ1v) is 10.3. The van der Waals surface area contributed by atoms with E-state index < -0.39 is 0 Å². The Morgan fingerprint density at radius 1 is 1.19 bits per heavy atom. The Balaban J connectivity index is 1.32. The molecule has 6 heteroatoms. The topological polar surface area (TPSA) is 59.2 Å². The zero-order valence-electron chi connectivity index (χ0n) is 15.5. The van der Waals surface area contributed by atoms with E-state index in [1.807, 2.05) is 35.4 Å². The highest BCUT2D eigenvalue weighted by atomic mass is 32.1. The minimum Gasteiger partial charge on any atom is -0.445 e. The van der Waals surface area contributed by atoms with Gasteiger partial charge < -0.3 is 9.32 Å². The average Bonchev–Trinajstić information content (AvgIpc) is 3.30. The van der Waals surface area contributed by atoms with E-state index in [-0.39, 0.29) is 5.91 Å². The standard InChI is InChI=1S/C21H23N3O2S/c1-15-22-17(14-27-15)8-10-21(25)24-12-11-19-18(13-24)23-20(26-19)9-7-16-5-3-2-4-6-16/h2-6,14H,7-13H2,1H3. The molecule has 3 aromatic rings. The third-order valence-electron chi connectivity index (χ3n) is 4.86. The van der Waals surface area contributed by atoms with Gasteiger partial charge in [0.15, 0.2) is 5.89 Å². The number of aryl methyl sites for hydroxylation is 4. The minimum atomic E-state index is 0.167. The van der Waals surface area contributed by atoms with Gasteiger partial charge in [0.05, 0.1) is 17.2 Å². The molecule has 0 N–H and O–H groups in total. The number of oxazole rings is 1. The van der Waals surface area contributed by atoms with Crippen molar-refractivity contribution in [3.63, 3.8) is 0 Å². The number of carbonyl (C=O) groups excluding carboxylic acids is 1. The highest BCUT2D eigenvalue weighted by molar-refractivity contribution is 7.09. The maximum Gasteiger partial charge on any atom is 0.223 e. The molecule has 0 atom stereocenters. The predicted octanol–water partition coefficient (Wildman–Crippen LogP) is 3.74. The molecule has 27 heavy (non-hydrogen) atoms. The van der Waals surface area contributed by atoms with Gasteiger partial charge >= 0.3 is 0 Å². The van der Waals surface area contributed by atoms with Crippen LogP contribution in [0.5, 0.6) is 0 Å². The van der Waals surface area contributed by atoms with Crippen LogP contribution < -0.4 is 0 Å². The Hall–Kier alpha value is -2.47. The summed E-state index contributed by atoms with van der Waals surface area (Å²) >= 11 is 1.63. The molecule has 0 saturated carbocycles. The Bertz CT molecular complexity index is 917. The number of hydrogen-bond acceptors (Lipinski definition) is 5. The number of benzene rings is 1. The van der Waals surface area contributed by atoms with E-state index >= 15 is 0 Å². The molecule has 0 fully saturated rings. The van der Waals surface area contributed by atoms with Gasteiger partial charge in [-0.25, -0.2) is 9.97 Å². The lowest BCUT2D eigenvalue weighted by atomic mass is 10.1. The molecule has 1 aliphatic heterocycles. The van der Waals surface area contributed by atoms with Crippen molar-refractivity contribution in [2.24, 2.45) is 0 Å². The minimum absolute atomic E-state index is 0.167. The van der Waals surface area contributed by atoms with Crippen LogP contribution in [0, 0.1) is 6.92 Å². The molecule has 0 saturated heterocycles. The van der Waals surface area contributed by atoms with Gasteiger partial charge in [0.1, 0.15) is 11.5 Å². The predicted molar refractivity (Wildman–Crippen MR) is 105 cm³/mol. The first-order chi connectivity index (χ1) is 13.2. The van der Waals surface area contributed by atoms with E-state index in [0.29, 0.717) is 25.9 Å². The van der Waals surface area contributed by atoms with Crippen molar-refractivity contribution in [1.29, 1.82) is 0 Å². The number of aromatic nitrogens is 2. The van der Waals surface area contributed by atoms with Crippen molar-refractivity contribution in [2.75, 3.05) is 6.54 Å². The second-order valence-electron chi connectivity index (χ2n) is 6.89. The van der Waals surface area contributed by atoms with Crippen molar-refractivity contribution < 1.29 is 9.21 Å². The van der Waals surface area contributed by atoms with E-state index in [2.05, 4.69) is 22.1 Å². The number of nitrogens with zero attached hydrogens (tertiary/aromatic N) is 3. The van der Waals surface area contributed by atoms with Crippen molar-refractivity contribution >= 4 is 17.2 Å². The molecule has 3 heterocycles. The monoisotopic (exact) mass is 381 g/mol. The SMILES string of the molecule is Cc1nc(CCC(=O)N2CCc3oc(CCc4ccccc4)nc3C2)cs1. The lowest BCUT2D eigenvalue weighted by Crippen LogP contribution is -2.35. The molecule has 0 unspecified atom stereocenters. The van der Waals surface area contributed by atoms with Crippen LogP contribution in [-0.2, 0) is 37.0 Å². The van der Waals surface area contributed by atoms with Gasteiger partial charge in [-0.15, -0.1) is 11.3 Å². The fourth-order valence-corrected chi connectivity index (χ4v) is 4.03. The Morgan fingerprint density at radius 3 is 2.81 bits per heavy atom. The molecule has 0 radical (unpaired) electrons. The maximum absolute atomic E-state index is 12.5. The van der Waals surface area contributed by atoms with Crippen LogP contribution >= 0.6 is 11.3 Å². The van der Waals surface area contributed by atoms with Crippen molar-refractivity contribution in [3.05, 3.63) is 69.3 Å². The highest BCUT2D eigenvalue weighted by Gasteiger charge is 2.25. The number of carbonyl (C=O) groups is 1. The van der Waals surface area contributed by atoms with Gasteiger partial charge in [0, 0.05) is 31.2 Å². The van der Waals surface area contributed by atoms with E-state index in [1.54, 1.807) is 11.3 Å². The third kappa shape index (κ3) is 4.45. The zero-order valence-corrected chi connectivity index (χ0v) is 16.3. The van der Waals surface area contributed by atoms with Crippen LogP contribution in [0.2, 0.25) is 0 Å². The largest absolute Gasteiger partial charge is 0.445 e. The van der Waals surface area contributed by atoms with Crippen LogP contribution in [0.1, 0.15) is 40.0 Å². The fourth-order valence-electron chi connectivity index (χ4n) is 3.38. The number of thiazole rings is 1. The maximum atomic E-state index is 12.5. The van der Waals surface area contributed by atoms with E-state index in [1.165, 1.54) is 5.56 Å². The fraction of sp³-hybridized carbons (Fsp3) is 0.381. The summed E-state index contributed by atoms with van der Waals surface area (Å²) in [5.41, 5.74) is 3.21. The van der Waals surface area contributed by atoms with Gasteiger partial charge in [0.2, 0.25) is 5.91 Å². The molecule has 0 bridgehead atoms. The summed E-state index contributed by atoms with van der Waals surface area (Å²) < 4.78 is 5.93. The summed E-state index contributed by atoms with van der Waals surface area (Å²) in [5.74, 6) is 1.88. The quantitative estimate of drug-likeness (QED) is 0.653. The second kappa shape index (κ2) is 8.05. The van der Waals surface area contributed by atoms with Crippen molar-refractivity contribution in [1.82, 2.24) is 14.9 Å². The molecule has 1 aromatic carbocycles. The molecule has 0 aliphatic carbocycles. The van der Waals surface area contributed by atoms with Crippen LogP contribution in [0.3, 0.4) is 0 Å². The normalized spacial score (nSPS) is 13.6. The number of amides is 1. The first-order valence-electron chi connectivity index (χ1n) is 9.37. The Morgan fingerprint density at radius 2 is 2.04 bits per heavy atom. The van der Waals surface area contributed by atoms with Gasteiger partial charge in [-0.3, -0.25) is 4.79 Å². The smallest absolute Gasteiger partial charge is 0.223 e. The molecular weight excluding hydrogens is 358 g/mol. The summed E-state index contributed by atoms with van der Waals surface area (Å²) in [6, 6.07) is 10.4. The molecule has 1 aliphatic rings. The summed E-state index contributed by atoms with van der Waals surface area (Å²) in [6.45, 7) is 3.25. The summed E-state index contributed by atoms with van der Waals surface area (Å²) in [5, 5.41) is 3.08. The molecule has 2 aromatic heterocycles. The number of fused-ring (bicyclic) bond motifs is 1. The third-order valence-corrected chi connectivity index (χ3v) is 5.68. The molecule has 5 nitrogen and oxygen atoms in total. The van der Waals surface area contributed by atoms with Crippen LogP contribution in [0.4, 0.5) is 0 Å². The van der Waals surface area contributed by atoms with Gasteiger partial charge in [-0.05, 0) is 25.3 Å². The van der Waals surface area contributed by atoms with Crippen molar-refractivity contribution in [2.45, 2.75) is 45.6 Å². The second-order valence-corrected chi connectivity index (χ2v) is 7.95. The summed E-state index contributed by atoms with van der Waals surface area (Å²) in [6.07, 6.45) is 3.64. The van der Waals surface area contributed by atoms with E-state index in [4.69, 9.17) is 4.42 Å². The van der Waals surface area contributed by atoms with Crippen LogP contribution in [0.25, 0.3) is 0 Å². The molecular formula is C21H23N3O2S. The summed E-state index contributed by atoms with van der Waals surface area (Å²) in [4.78, 5) is 23.5. The number of rotatable bonds is 6. The van der Waals surface area contributed by atoms with Gasteiger partial charge in [-0.1, -0.05) is 30.3 Å². The molecule has 1 amide bonds. The Kier molecular flexibility index (Phi) is 5.34.